The molecule has 152 valence electrons. The smallest absolute Gasteiger partial charge is 0.267 e. The number of rotatable bonds is 18. The maximum Gasteiger partial charge on any atom is 0.267 e. The first-order valence-corrected chi connectivity index (χ1v) is 12.1. The number of hydrogen-bond donors (Lipinski definition) is 2. The normalized spacial score (nSPS) is 14.6. The number of aliphatic hydroxyl groups excluding tert-OH is 1. The Kier molecular flexibility index (Phi) is 16.0. The molecule has 2 N–H and O–H groups in total. The molecule has 0 bridgehead atoms. The molecule has 2 unspecified atom stereocenters. The molecular weight excluding hydrogens is 336 g/mol. The van der Waals surface area contributed by atoms with Crippen LogP contribution in [0.15, 0.2) is 0 Å². The third-order valence-corrected chi connectivity index (χ3v) is 6.32. The van der Waals surface area contributed by atoms with Gasteiger partial charge in [0.1, 0.15) is 0 Å². The Bertz CT molecular complexity index is 381. The molecule has 0 aliphatic carbocycles. The number of hydrogen-bond acceptors (Lipinski definition) is 3. The van der Waals surface area contributed by atoms with Gasteiger partial charge in [0.15, 0.2) is 0 Å². The zero-order chi connectivity index (χ0) is 19.0. The summed E-state index contributed by atoms with van der Waals surface area (Å²) >= 11 is 0. The zero-order valence-corrected chi connectivity index (χ0v) is 17.4. The molecule has 0 heterocycles. The Morgan fingerprint density at radius 2 is 1.00 bits per heavy atom. The summed E-state index contributed by atoms with van der Waals surface area (Å²) in [5, 5.41) is 9.34. The molecule has 2 atom stereocenters. The highest BCUT2D eigenvalue weighted by Gasteiger charge is 2.21. The highest BCUT2D eigenvalue weighted by molar-refractivity contribution is 7.86. The fraction of sp³-hybridized carbons (Fsp3) is 1.00. The molecule has 5 heteroatoms. The molecule has 0 aromatic carbocycles. The van der Waals surface area contributed by atoms with Crippen molar-refractivity contribution in [2.24, 2.45) is 0 Å². The van der Waals surface area contributed by atoms with Crippen LogP contribution < -0.4 is 0 Å². The maximum atomic E-state index is 11.5. The molecule has 0 aromatic heterocycles. The van der Waals surface area contributed by atoms with E-state index in [0.29, 0.717) is 12.8 Å². The second kappa shape index (κ2) is 16.1. The molecule has 4 nitrogen and oxygen atoms in total. The van der Waals surface area contributed by atoms with Gasteiger partial charge in [0.2, 0.25) is 0 Å². The van der Waals surface area contributed by atoms with Gasteiger partial charge in [0, 0.05) is 0 Å². The van der Waals surface area contributed by atoms with E-state index < -0.39 is 15.4 Å². The van der Waals surface area contributed by atoms with Crippen LogP contribution in [0.4, 0.5) is 0 Å². The van der Waals surface area contributed by atoms with Crippen LogP contribution in [0.2, 0.25) is 0 Å². The third-order valence-electron chi connectivity index (χ3n) is 5.01. The van der Waals surface area contributed by atoms with Gasteiger partial charge in [-0.25, -0.2) is 0 Å². The van der Waals surface area contributed by atoms with Crippen LogP contribution in [-0.2, 0) is 10.1 Å². The van der Waals surface area contributed by atoms with Crippen LogP contribution in [0.1, 0.15) is 117 Å². The summed E-state index contributed by atoms with van der Waals surface area (Å²) in [5.74, 6) is 0. The van der Waals surface area contributed by atoms with Gasteiger partial charge >= 0.3 is 0 Å². The van der Waals surface area contributed by atoms with E-state index in [9.17, 15) is 18.1 Å². The van der Waals surface area contributed by atoms with Crippen molar-refractivity contribution in [2.75, 3.05) is 0 Å². The predicted octanol–water partition coefficient (Wildman–Crippen LogP) is 5.89. The molecule has 0 fully saturated rings. The predicted molar refractivity (Wildman–Crippen MR) is 107 cm³/mol. The fourth-order valence-corrected chi connectivity index (χ4v) is 4.23. The lowest BCUT2D eigenvalue weighted by molar-refractivity contribution is 0.147. The number of aliphatic hydroxyl groups is 1. The van der Waals surface area contributed by atoms with Gasteiger partial charge < -0.3 is 5.11 Å². The maximum absolute atomic E-state index is 11.5. The van der Waals surface area contributed by atoms with Gasteiger partial charge in [-0.3, -0.25) is 4.55 Å². The van der Waals surface area contributed by atoms with Crippen molar-refractivity contribution in [3.8, 4) is 0 Å². The lowest BCUT2D eigenvalue weighted by Gasteiger charge is -2.14. The standard InChI is InChI=1S/C20H42O4S/c1-3-5-7-11-15-19(21)16-12-9-10-14-18-20(25(22,23)24)17-13-8-6-4-2/h19-21H,3-18H2,1-2H3,(H,22,23,24). The van der Waals surface area contributed by atoms with Crippen molar-refractivity contribution in [2.45, 2.75) is 128 Å². The lowest BCUT2D eigenvalue weighted by atomic mass is 10.0. The van der Waals surface area contributed by atoms with E-state index in [1.54, 1.807) is 0 Å². The minimum Gasteiger partial charge on any atom is -0.393 e. The molecule has 0 aliphatic rings. The molecule has 0 saturated heterocycles. The Hall–Kier alpha value is -0.130. The summed E-state index contributed by atoms with van der Waals surface area (Å²) in [6.07, 6.45) is 15.5. The molecular formula is C20H42O4S. The van der Waals surface area contributed by atoms with E-state index in [1.165, 1.54) is 19.3 Å². The summed E-state index contributed by atoms with van der Waals surface area (Å²) in [5.41, 5.74) is 0. The Balaban J connectivity index is 3.73. The first-order chi connectivity index (χ1) is 11.9. The van der Waals surface area contributed by atoms with Gasteiger partial charge in [0.05, 0.1) is 11.4 Å². The van der Waals surface area contributed by atoms with E-state index in [0.717, 1.165) is 70.6 Å². The van der Waals surface area contributed by atoms with Crippen molar-refractivity contribution in [1.29, 1.82) is 0 Å². The van der Waals surface area contributed by atoms with Crippen molar-refractivity contribution >= 4 is 10.1 Å². The first-order valence-electron chi connectivity index (χ1n) is 10.6. The van der Waals surface area contributed by atoms with Crippen molar-refractivity contribution in [3.63, 3.8) is 0 Å². The average molecular weight is 379 g/mol. The van der Waals surface area contributed by atoms with Crippen molar-refractivity contribution < 1.29 is 18.1 Å². The van der Waals surface area contributed by atoms with Gasteiger partial charge in [-0.1, -0.05) is 90.9 Å². The Morgan fingerprint density at radius 1 is 0.640 bits per heavy atom. The summed E-state index contributed by atoms with van der Waals surface area (Å²) in [6.45, 7) is 4.32. The molecule has 0 spiro atoms. The van der Waals surface area contributed by atoms with E-state index in [-0.39, 0.29) is 6.10 Å². The van der Waals surface area contributed by atoms with Crippen LogP contribution >= 0.6 is 0 Å². The number of unbranched alkanes of at least 4 members (excludes halogenated alkanes) is 9. The average Bonchev–Trinajstić information content (AvgIpc) is 2.55. The van der Waals surface area contributed by atoms with E-state index >= 15 is 0 Å². The zero-order valence-electron chi connectivity index (χ0n) is 16.6. The third kappa shape index (κ3) is 15.8. The van der Waals surface area contributed by atoms with Crippen LogP contribution in [0.3, 0.4) is 0 Å². The van der Waals surface area contributed by atoms with Gasteiger partial charge in [-0.2, -0.15) is 8.42 Å². The topological polar surface area (TPSA) is 74.6 Å². The van der Waals surface area contributed by atoms with E-state index in [2.05, 4.69) is 13.8 Å². The largest absolute Gasteiger partial charge is 0.393 e. The Labute approximate surface area is 156 Å². The summed E-state index contributed by atoms with van der Waals surface area (Å²) in [6, 6.07) is 0. The Morgan fingerprint density at radius 3 is 1.36 bits per heavy atom. The van der Waals surface area contributed by atoms with Crippen LogP contribution in [-0.4, -0.2) is 29.4 Å². The van der Waals surface area contributed by atoms with Gasteiger partial charge in [0.25, 0.3) is 10.1 Å². The lowest BCUT2D eigenvalue weighted by Crippen LogP contribution is -2.20. The SMILES string of the molecule is CCCCCCC(O)CCCCCCC(CCCCCC)S(=O)(=O)O. The van der Waals surface area contributed by atoms with Gasteiger partial charge in [-0.15, -0.1) is 0 Å². The summed E-state index contributed by atoms with van der Waals surface area (Å²) < 4.78 is 32.3. The second-order valence-electron chi connectivity index (χ2n) is 7.48. The molecule has 0 aliphatic heterocycles. The highest BCUT2D eigenvalue weighted by atomic mass is 32.2. The second-order valence-corrected chi connectivity index (χ2v) is 9.18. The van der Waals surface area contributed by atoms with Crippen LogP contribution in [0.25, 0.3) is 0 Å². The molecule has 25 heavy (non-hydrogen) atoms. The van der Waals surface area contributed by atoms with Gasteiger partial charge in [-0.05, 0) is 25.7 Å². The minimum absolute atomic E-state index is 0.180. The monoisotopic (exact) mass is 378 g/mol. The van der Waals surface area contributed by atoms with Crippen LogP contribution in [0.5, 0.6) is 0 Å². The minimum atomic E-state index is -3.91. The van der Waals surface area contributed by atoms with Crippen LogP contribution in [0, 0.1) is 0 Å². The highest BCUT2D eigenvalue weighted by Crippen LogP contribution is 2.19. The molecule has 0 radical (unpaired) electrons. The molecule has 0 rings (SSSR count). The molecule has 0 saturated carbocycles. The molecule has 0 amide bonds. The first kappa shape index (κ1) is 24.9. The summed E-state index contributed by atoms with van der Waals surface area (Å²) in [4.78, 5) is 0. The fourth-order valence-electron chi connectivity index (χ4n) is 3.30. The quantitative estimate of drug-likeness (QED) is 0.230. The summed E-state index contributed by atoms with van der Waals surface area (Å²) in [7, 11) is -3.91. The molecule has 0 aromatic rings. The van der Waals surface area contributed by atoms with Crippen molar-refractivity contribution in [1.82, 2.24) is 0 Å². The van der Waals surface area contributed by atoms with Crippen molar-refractivity contribution in [3.05, 3.63) is 0 Å². The van der Waals surface area contributed by atoms with E-state index in [1.807, 2.05) is 0 Å². The van der Waals surface area contributed by atoms with E-state index in [4.69, 9.17) is 0 Å².